The highest BCUT2D eigenvalue weighted by atomic mass is 16.6. The minimum atomic E-state index is -0.900. The highest BCUT2D eigenvalue weighted by Crippen LogP contribution is 2.78. The number of methoxy groups -OCH3 is 1. The first kappa shape index (κ1) is 22.9. The Morgan fingerprint density at radius 2 is 1.94 bits per heavy atom. The van der Waals surface area contributed by atoms with Crippen molar-refractivity contribution in [3.05, 3.63) is 23.3 Å². The van der Waals surface area contributed by atoms with Crippen molar-refractivity contribution < 1.29 is 19.7 Å². The molecular weight excluding hydrogens is 438 g/mol. The number of nitrogens with zero attached hydrogens (tertiary/aromatic N) is 1. The van der Waals surface area contributed by atoms with E-state index in [4.69, 9.17) is 9.47 Å². The summed E-state index contributed by atoms with van der Waals surface area (Å²) in [7, 11) is 1.84. The van der Waals surface area contributed by atoms with Gasteiger partial charge >= 0.3 is 0 Å². The summed E-state index contributed by atoms with van der Waals surface area (Å²) in [6.45, 7) is 11.0. The molecule has 5 fully saturated rings. The molecule has 1 saturated heterocycles. The number of benzene rings is 1. The quantitative estimate of drug-likeness (QED) is 0.611. The Morgan fingerprint density at radius 3 is 2.63 bits per heavy atom. The van der Waals surface area contributed by atoms with Gasteiger partial charge in [0.1, 0.15) is 11.7 Å². The lowest BCUT2D eigenvalue weighted by Crippen LogP contribution is -2.83. The van der Waals surface area contributed by atoms with Crippen molar-refractivity contribution >= 4 is 0 Å². The Kier molecular flexibility index (Phi) is 4.42. The Morgan fingerprint density at radius 1 is 1.17 bits per heavy atom. The molecule has 0 amide bonds. The first-order valence-electron chi connectivity index (χ1n) is 14.1. The SMILES string of the molecule is CCC(C)(C)[C@@](C)(O)[C@H]1C[C@@]23CC[C@]1(OC)[C@@H]1Oc4c(O)ccc5c4[C@@]12CCN(CC1CC1)[C@@H]3C5. The monoisotopic (exact) mass is 481 g/mol. The van der Waals surface area contributed by atoms with Crippen LogP contribution in [0.25, 0.3) is 0 Å². The molecule has 0 aromatic heterocycles. The molecule has 5 aliphatic carbocycles. The van der Waals surface area contributed by atoms with Gasteiger partial charge in [0.2, 0.25) is 0 Å². The second kappa shape index (κ2) is 6.76. The molecule has 2 spiro atoms. The molecule has 1 aromatic rings. The topological polar surface area (TPSA) is 62.2 Å². The van der Waals surface area contributed by atoms with Crippen molar-refractivity contribution in [3.8, 4) is 11.5 Å². The van der Waals surface area contributed by atoms with Crippen LogP contribution in [-0.4, -0.2) is 58.7 Å². The molecule has 1 aromatic carbocycles. The average Bonchev–Trinajstić information content (AvgIpc) is 3.58. The molecule has 35 heavy (non-hydrogen) atoms. The third-order valence-electron chi connectivity index (χ3n) is 12.6. The Hall–Kier alpha value is -1.30. The zero-order chi connectivity index (χ0) is 24.6. The fourth-order valence-electron chi connectivity index (χ4n) is 9.89. The third-order valence-corrected chi connectivity index (χ3v) is 12.6. The lowest BCUT2D eigenvalue weighted by atomic mass is 9.33. The fourth-order valence-corrected chi connectivity index (χ4v) is 9.89. The van der Waals surface area contributed by atoms with E-state index in [0.717, 1.165) is 51.0 Å². The number of fused-ring (bicyclic) bond motifs is 2. The molecule has 2 aliphatic heterocycles. The molecule has 2 N–H and O–H groups in total. The summed E-state index contributed by atoms with van der Waals surface area (Å²) in [4.78, 5) is 2.83. The van der Waals surface area contributed by atoms with Crippen molar-refractivity contribution in [2.75, 3.05) is 20.2 Å². The van der Waals surface area contributed by atoms with Crippen LogP contribution in [0.4, 0.5) is 0 Å². The summed E-state index contributed by atoms with van der Waals surface area (Å²) in [6, 6.07) is 4.47. The average molecular weight is 482 g/mol. The summed E-state index contributed by atoms with van der Waals surface area (Å²) in [5, 5.41) is 23.4. The zero-order valence-electron chi connectivity index (χ0n) is 22.2. The first-order valence-corrected chi connectivity index (χ1v) is 14.1. The van der Waals surface area contributed by atoms with E-state index in [1.807, 2.05) is 13.2 Å². The highest BCUT2D eigenvalue weighted by Gasteiger charge is 2.82. The number of hydrogen-bond acceptors (Lipinski definition) is 5. The molecular formula is C30H43NO4. The Balaban J connectivity index is 1.46. The molecule has 8 rings (SSSR count). The van der Waals surface area contributed by atoms with Gasteiger partial charge in [0, 0.05) is 42.0 Å². The van der Waals surface area contributed by atoms with Crippen molar-refractivity contribution in [3.63, 3.8) is 0 Å². The number of aliphatic hydroxyl groups is 1. The summed E-state index contributed by atoms with van der Waals surface area (Å²) >= 11 is 0. The lowest BCUT2D eigenvalue weighted by molar-refractivity contribution is -0.313. The second-order valence-electron chi connectivity index (χ2n) is 13.8. The lowest BCUT2D eigenvalue weighted by Gasteiger charge is -2.75. The number of aromatic hydroxyl groups is 1. The van der Waals surface area contributed by atoms with Gasteiger partial charge in [-0.3, -0.25) is 4.90 Å². The molecule has 7 atom stereocenters. The standard InChI is InChI=1S/C30H43NO4/c1-6-26(2,3)27(4,33)21-16-28-11-12-30(21,34-5)25-29(28)13-14-31(17-18-7-8-18)22(28)15-19-9-10-20(32)24(35-25)23(19)29/h9-10,18,21-22,25,32-33H,6-8,11-17H2,1-5H3/t21-,22-,25-,27+,28-,29+,30-/m1/s1. The number of likely N-dealkylation sites (tertiary alicyclic amines) is 1. The van der Waals surface area contributed by atoms with E-state index in [9.17, 15) is 10.2 Å². The van der Waals surface area contributed by atoms with Crippen molar-refractivity contribution in [2.24, 2.45) is 22.7 Å². The summed E-state index contributed by atoms with van der Waals surface area (Å²) in [5.41, 5.74) is 0.836. The van der Waals surface area contributed by atoms with Gasteiger partial charge in [0.15, 0.2) is 11.5 Å². The fraction of sp³-hybridized carbons (Fsp3) is 0.800. The molecule has 4 saturated carbocycles. The van der Waals surface area contributed by atoms with E-state index < -0.39 is 11.2 Å². The molecule has 4 bridgehead atoms. The van der Waals surface area contributed by atoms with Gasteiger partial charge in [0.05, 0.1) is 5.60 Å². The maximum Gasteiger partial charge on any atom is 0.165 e. The number of hydrogen-bond donors (Lipinski definition) is 2. The summed E-state index contributed by atoms with van der Waals surface area (Å²) in [6.07, 6.45) is 8.56. The number of ether oxygens (including phenoxy) is 2. The largest absolute Gasteiger partial charge is 0.504 e. The van der Waals surface area contributed by atoms with Crippen LogP contribution in [0.1, 0.15) is 83.8 Å². The van der Waals surface area contributed by atoms with Gasteiger partial charge in [0.25, 0.3) is 0 Å². The number of phenols is 1. The Labute approximate surface area is 210 Å². The highest BCUT2D eigenvalue weighted by molar-refractivity contribution is 5.63. The van der Waals surface area contributed by atoms with Gasteiger partial charge in [-0.1, -0.05) is 26.8 Å². The van der Waals surface area contributed by atoms with Crippen LogP contribution in [0.15, 0.2) is 12.1 Å². The van der Waals surface area contributed by atoms with Crippen LogP contribution < -0.4 is 4.74 Å². The van der Waals surface area contributed by atoms with Crippen molar-refractivity contribution in [1.82, 2.24) is 4.90 Å². The molecule has 0 radical (unpaired) electrons. The van der Waals surface area contributed by atoms with Gasteiger partial charge in [-0.15, -0.1) is 0 Å². The Bertz CT molecular complexity index is 1080. The smallest absolute Gasteiger partial charge is 0.165 e. The molecule has 2 heterocycles. The molecule has 7 aliphatic rings. The molecule has 5 nitrogen and oxygen atoms in total. The molecule has 5 heteroatoms. The third kappa shape index (κ3) is 2.43. The van der Waals surface area contributed by atoms with Gasteiger partial charge in [-0.05, 0) is 87.8 Å². The van der Waals surface area contributed by atoms with E-state index in [-0.39, 0.29) is 34.0 Å². The predicted octanol–water partition coefficient (Wildman–Crippen LogP) is 4.80. The first-order chi connectivity index (χ1) is 16.6. The van der Waals surface area contributed by atoms with E-state index in [2.05, 4.69) is 38.7 Å². The van der Waals surface area contributed by atoms with E-state index >= 15 is 0 Å². The van der Waals surface area contributed by atoms with Crippen LogP contribution in [0.3, 0.4) is 0 Å². The van der Waals surface area contributed by atoms with E-state index in [0.29, 0.717) is 11.8 Å². The number of phenolic OH excluding ortho intramolecular Hbond substituents is 1. The normalized spacial score (nSPS) is 43.0. The van der Waals surface area contributed by atoms with Crippen LogP contribution in [0.2, 0.25) is 0 Å². The number of rotatable bonds is 6. The maximum absolute atomic E-state index is 12.4. The van der Waals surface area contributed by atoms with Crippen LogP contribution in [0.5, 0.6) is 11.5 Å². The predicted molar refractivity (Wildman–Crippen MR) is 135 cm³/mol. The van der Waals surface area contributed by atoms with Crippen LogP contribution in [0, 0.1) is 22.7 Å². The zero-order valence-corrected chi connectivity index (χ0v) is 22.2. The van der Waals surface area contributed by atoms with Crippen molar-refractivity contribution in [1.29, 1.82) is 0 Å². The summed E-state index contributed by atoms with van der Waals surface area (Å²) < 4.78 is 13.5. The van der Waals surface area contributed by atoms with Gasteiger partial charge in [-0.2, -0.15) is 0 Å². The second-order valence-corrected chi connectivity index (χ2v) is 13.8. The van der Waals surface area contributed by atoms with Gasteiger partial charge in [-0.25, -0.2) is 0 Å². The minimum absolute atomic E-state index is 0.0248. The molecule has 192 valence electrons. The van der Waals surface area contributed by atoms with E-state index in [1.54, 1.807) is 0 Å². The van der Waals surface area contributed by atoms with Gasteiger partial charge < -0.3 is 19.7 Å². The minimum Gasteiger partial charge on any atom is -0.504 e. The van der Waals surface area contributed by atoms with Crippen LogP contribution >= 0.6 is 0 Å². The summed E-state index contributed by atoms with van der Waals surface area (Å²) in [5.74, 6) is 1.81. The van der Waals surface area contributed by atoms with E-state index in [1.165, 1.54) is 30.5 Å². The number of piperidine rings is 1. The van der Waals surface area contributed by atoms with Crippen molar-refractivity contribution in [2.45, 2.75) is 108 Å². The van der Waals surface area contributed by atoms with Crippen LogP contribution in [-0.2, 0) is 16.6 Å². The maximum atomic E-state index is 12.4. The molecule has 0 unspecified atom stereocenters.